The average molecular weight is 364 g/mol. The van der Waals surface area contributed by atoms with Crippen molar-refractivity contribution in [2.24, 2.45) is 0 Å². The molecular weight excluding hydrogens is 340 g/mol. The molecule has 7 nitrogen and oxygen atoms in total. The Morgan fingerprint density at radius 1 is 1.15 bits per heavy atom. The first-order valence-electron chi connectivity index (χ1n) is 9.32. The molecule has 0 saturated carbocycles. The first-order valence-corrected chi connectivity index (χ1v) is 9.32. The molecule has 0 radical (unpaired) electrons. The Morgan fingerprint density at radius 3 is 2.70 bits per heavy atom. The van der Waals surface area contributed by atoms with E-state index in [1.165, 1.54) is 5.69 Å². The Hall–Kier alpha value is -2.93. The summed E-state index contributed by atoms with van der Waals surface area (Å²) in [5.41, 5.74) is 2.37. The van der Waals surface area contributed by atoms with Gasteiger partial charge in [-0.3, -0.25) is 9.69 Å². The second-order valence-electron chi connectivity index (χ2n) is 6.94. The van der Waals surface area contributed by atoms with Crippen LogP contribution in [0.25, 0.3) is 5.65 Å². The predicted molar refractivity (Wildman–Crippen MR) is 105 cm³/mol. The van der Waals surface area contributed by atoms with Gasteiger partial charge in [-0.15, -0.1) is 0 Å². The number of para-hydroxylation sites is 1. The SMILES string of the molecule is CC(CN1CCN(c2ccccc2)CC1)NC(=O)c1cnn2cccnc12. The van der Waals surface area contributed by atoms with Crippen molar-refractivity contribution in [3.63, 3.8) is 0 Å². The second kappa shape index (κ2) is 7.75. The van der Waals surface area contributed by atoms with Gasteiger partial charge in [0.2, 0.25) is 0 Å². The summed E-state index contributed by atoms with van der Waals surface area (Å²) in [4.78, 5) is 21.6. The van der Waals surface area contributed by atoms with Crippen LogP contribution >= 0.6 is 0 Å². The van der Waals surface area contributed by atoms with Gasteiger partial charge in [0.25, 0.3) is 5.91 Å². The third kappa shape index (κ3) is 3.93. The lowest BCUT2D eigenvalue weighted by atomic mass is 10.2. The highest BCUT2D eigenvalue weighted by atomic mass is 16.1. The number of hydrogen-bond donors (Lipinski definition) is 1. The second-order valence-corrected chi connectivity index (χ2v) is 6.94. The molecule has 3 heterocycles. The summed E-state index contributed by atoms with van der Waals surface area (Å²) in [5, 5.41) is 7.25. The van der Waals surface area contributed by atoms with Gasteiger partial charge in [-0.2, -0.15) is 5.10 Å². The first-order chi connectivity index (χ1) is 13.2. The minimum absolute atomic E-state index is 0.0550. The number of amides is 1. The standard InChI is InChI=1S/C20H24N6O/c1-16(23-20(27)18-14-22-26-9-5-8-21-19(18)26)15-24-10-12-25(13-11-24)17-6-3-2-4-7-17/h2-9,14,16H,10-13,15H2,1H3,(H,23,27). The fourth-order valence-electron chi connectivity index (χ4n) is 3.55. The van der Waals surface area contributed by atoms with Crippen LogP contribution in [0.3, 0.4) is 0 Å². The van der Waals surface area contributed by atoms with E-state index in [9.17, 15) is 4.79 Å². The van der Waals surface area contributed by atoms with E-state index in [1.807, 2.05) is 13.0 Å². The third-order valence-corrected chi connectivity index (χ3v) is 4.93. The number of hydrogen-bond acceptors (Lipinski definition) is 5. The predicted octanol–water partition coefficient (Wildman–Crippen LogP) is 1.67. The van der Waals surface area contributed by atoms with Crippen molar-refractivity contribution < 1.29 is 4.79 Å². The molecule has 1 aliphatic rings. The number of benzene rings is 1. The Kier molecular flexibility index (Phi) is 5.02. The van der Waals surface area contributed by atoms with Crippen molar-refractivity contribution >= 4 is 17.2 Å². The number of fused-ring (bicyclic) bond motifs is 1. The maximum atomic E-state index is 12.6. The number of carbonyl (C=O) groups excluding carboxylic acids is 1. The molecule has 2 aromatic heterocycles. The zero-order valence-corrected chi connectivity index (χ0v) is 15.5. The maximum Gasteiger partial charge on any atom is 0.257 e. The van der Waals surface area contributed by atoms with Crippen molar-refractivity contribution in [3.05, 3.63) is 60.6 Å². The van der Waals surface area contributed by atoms with Crippen molar-refractivity contribution in [2.75, 3.05) is 37.6 Å². The van der Waals surface area contributed by atoms with Crippen LogP contribution < -0.4 is 10.2 Å². The van der Waals surface area contributed by atoms with Crippen LogP contribution in [-0.2, 0) is 0 Å². The van der Waals surface area contributed by atoms with Gasteiger partial charge < -0.3 is 10.2 Å². The van der Waals surface area contributed by atoms with E-state index >= 15 is 0 Å². The molecule has 1 fully saturated rings. The van der Waals surface area contributed by atoms with Crippen LogP contribution in [0.4, 0.5) is 5.69 Å². The van der Waals surface area contributed by atoms with E-state index in [1.54, 1.807) is 29.2 Å². The summed E-state index contributed by atoms with van der Waals surface area (Å²) >= 11 is 0. The lowest BCUT2D eigenvalue weighted by molar-refractivity contribution is 0.0929. The molecule has 4 rings (SSSR count). The van der Waals surface area contributed by atoms with Gasteiger partial charge in [0.1, 0.15) is 5.56 Å². The van der Waals surface area contributed by atoms with Crippen LogP contribution in [0, 0.1) is 0 Å². The van der Waals surface area contributed by atoms with Crippen LogP contribution in [-0.4, -0.2) is 64.2 Å². The Balaban J connectivity index is 1.30. The van der Waals surface area contributed by atoms with Crippen LogP contribution in [0.1, 0.15) is 17.3 Å². The van der Waals surface area contributed by atoms with Gasteiger partial charge in [0.05, 0.1) is 6.20 Å². The Morgan fingerprint density at radius 2 is 1.93 bits per heavy atom. The molecule has 3 aromatic rings. The summed E-state index contributed by atoms with van der Waals surface area (Å²) in [7, 11) is 0. The molecule has 7 heteroatoms. The lowest BCUT2D eigenvalue weighted by Crippen LogP contribution is -2.50. The number of anilines is 1. The molecular formula is C20H24N6O. The van der Waals surface area contributed by atoms with Crippen molar-refractivity contribution in [1.82, 2.24) is 24.8 Å². The van der Waals surface area contributed by atoms with Crippen molar-refractivity contribution in [3.8, 4) is 0 Å². The minimum atomic E-state index is -0.126. The minimum Gasteiger partial charge on any atom is -0.369 e. The molecule has 1 aliphatic heterocycles. The van der Waals surface area contributed by atoms with E-state index in [0.717, 1.165) is 32.7 Å². The summed E-state index contributed by atoms with van der Waals surface area (Å²) < 4.78 is 1.61. The monoisotopic (exact) mass is 364 g/mol. The largest absolute Gasteiger partial charge is 0.369 e. The molecule has 1 unspecified atom stereocenters. The normalized spacial score (nSPS) is 16.4. The molecule has 1 aromatic carbocycles. The van der Waals surface area contributed by atoms with Gasteiger partial charge in [-0.25, -0.2) is 9.50 Å². The van der Waals surface area contributed by atoms with Gasteiger partial charge in [-0.05, 0) is 25.1 Å². The summed E-state index contributed by atoms with van der Waals surface area (Å²) in [6.07, 6.45) is 5.03. The molecule has 27 heavy (non-hydrogen) atoms. The highest BCUT2D eigenvalue weighted by Crippen LogP contribution is 2.15. The number of piperazine rings is 1. The highest BCUT2D eigenvalue weighted by molar-refractivity contribution is 5.99. The van der Waals surface area contributed by atoms with Gasteiger partial charge >= 0.3 is 0 Å². The Labute approximate surface area is 158 Å². The highest BCUT2D eigenvalue weighted by Gasteiger charge is 2.21. The third-order valence-electron chi connectivity index (χ3n) is 4.93. The van der Waals surface area contributed by atoms with E-state index in [0.29, 0.717) is 11.2 Å². The molecule has 1 saturated heterocycles. The van der Waals surface area contributed by atoms with Gasteiger partial charge in [0.15, 0.2) is 5.65 Å². The fourth-order valence-corrected chi connectivity index (χ4v) is 3.55. The molecule has 0 bridgehead atoms. The van der Waals surface area contributed by atoms with E-state index in [2.05, 4.69) is 49.5 Å². The van der Waals surface area contributed by atoms with E-state index in [4.69, 9.17) is 0 Å². The molecule has 1 atom stereocenters. The van der Waals surface area contributed by atoms with E-state index < -0.39 is 0 Å². The van der Waals surface area contributed by atoms with E-state index in [-0.39, 0.29) is 11.9 Å². The number of aromatic nitrogens is 3. The van der Waals surface area contributed by atoms with Crippen molar-refractivity contribution in [1.29, 1.82) is 0 Å². The number of carbonyl (C=O) groups is 1. The molecule has 140 valence electrons. The number of nitrogens with zero attached hydrogens (tertiary/aromatic N) is 5. The quantitative estimate of drug-likeness (QED) is 0.746. The summed E-state index contributed by atoms with van der Waals surface area (Å²) in [5.74, 6) is -0.126. The molecule has 1 N–H and O–H groups in total. The lowest BCUT2D eigenvalue weighted by Gasteiger charge is -2.37. The Bertz CT molecular complexity index is 901. The first kappa shape index (κ1) is 17.5. The van der Waals surface area contributed by atoms with Gasteiger partial charge in [0, 0.05) is 56.8 Å². The van der Waals surface area contributed by atoms with Crippen LogP contribution in [0.2, 0.25) is 0 Å². The number of rotatable bonds is 5. The number of nitrogens with one attached hydrogen (secondary N) is 1. The van der Waals surface area contributed by atoms with Gasteiger partial charge in [-0.1, -0.05) is 18.2 Å². The maximum absolute atomic E-state index is 12.6. The average Bonchev–Trinajstić information content (AvgIpc) is 3.13. The molecule has 1 amide bonds. The topological polar surface area (TPSA) is 65.8 Å². The van der Waals surface area contributed by atoms with Crippen LogP contribution in [0.15, 0.2) is 55.0 Å². The molecule has 0 aliphatic carbocycles. The smallest absolute Gasteiger partial charge is 0.257 e. The summed E-state index contributed by atoms with van der Waals surface area (Å²) in [6.45, 7) is 6.87. The fraction of sp³-hybridized carbons (Fsp3) is 0.350. The van der Waals surface area contributed by atoms with Crippen LogP contribution in [0.5, 0.6) is 0 Å². The summed E-state index contributed by atoms with van der Waals surface area (Å²) in [6, 6.07) is 12.4. The molecule has 0 spiro atoms. The van der Waals surface area contributed by atoms with Crippen molar-refractivity contribution in [2.45, 2.75) is 13.0 Å². The zero-order valence-electron chi connectivity index (χ0n) is 15.5. The zero-order chi connectivity index (χ0) is 18.6.